The lowest BCUT2D eigenvalue weighted by molar-refractivity contribution is 0.0693. The average Bonchev–Trinajstić information content (AvgIpc) is 2.25. The second-order valence-electron chi connectivity index (χ2n) is 5.25. The van der Waals surface area contributed by atoms with Gasteiger partial charge >= 0.3 is 5.97 Å². The molecule has 0 aliphatic carbocycles. The smallest absolute Gasteiger partial charge is 0.339 e. The summed E-state index contributed by atoms with van der Waals surface area (Å²) in [6, 6.07) is 3.01. The molecule has 0 spiro atoms. The summed E-state index contributed by atoms with van der Waals surface area (Å²) in [7, 11) is 1.43. The lowest BCUT2D eigenvalue weighted by Crippen LogP contribution is -2.19. The van der Waals surface area contributed by atoms with E-state index in [-0.39, 0.29) is 11.0 Å². The van der Waals surface area contributed by atoms with E-state index >= 15 is 0 Å². The number of hydrogen-bond donors (Lipinski definition) is 2. The van der Waals surface area contributed by atoms with E-state index in [1.54, 1.807) is 6.07 Å². The second-order valence-corrected chi connectivity index (χ2v) is 5.66. The van der Waals surface area contributed by atoms with Gasteiger partial charge in [0.2, 0.25) is 0 Å². The third-order valence-electron chi connectivity index (χ3n) is 2.33. The van der Waals surface area contributed by atoms with Crippen LogP contribution >= 0.6 is 11.6 Å². The summed E-state index contributed by atoms with van der Waals surface area (Å²) >= 11 is 6.05. The van der Waals surface area contributed by atoms with Crippen LogP contribution in [0, 0.1) is 5.41 Å². The molecule has 0 atom stereocenters. The minimum absolute atomic E-state index is 0.0591. The number of halogens is 1. The van der Waals surface area contributed by atoms with Gasteiger partial charge in [-0.15, -0.1) is 0 Å². The quantitative estimate of drug-likeness (QED) is 0.880. The number of carboxylic acids is 1. The molecule has 5 heteroatoms. The molecule has 0 amide bonds. The first kappa shape index (κ1) is 14.6. The molecule has 100 valence electrons. The van der Waals surface area contributed by atoms with Crippen molar-refractivity contribution in [3.63, 3.8) is 0 Å². The van der Waals surface area contributed by atoms with Crippen molar-refractivity contribution in [2.24, 2.45) is 5.41 Å². The summed E-state index contributed by atoms with van der Waals surface area (Å²) in [5, 5.41) is 12.6. The predicted molar refractivity (Wildman–Crippen MR) is 72.9 cm³/mol. The van der Waals surface area contributed by atoms with E-state index in [1.165, 1.54) is 13.2 Å². The molecule has 0 aromatic heterocycles. The Morgan fingerprint density at radius 1 is 1.44 bits per heavy atom. The number of carboxylic acid groups (broad SMARTS) is 1. The van der Waals surface area contributed by atoms with E-state index in [9.17, 15) is 4.79 Å². The Morgan fingerprint density at radius 2 is 2.06 bits per heavy atom. The number of ether oxygens (including phenoxy) is 1. The highest BCUT2D eigenvalue weighted by Crippen LogP contribution is 2.31. The zero-order chi connectivity index (χ0) is 13.9. The Balaban J connectivity index is 3.04. The molecule has 0 fully saturated rings. The van der Waals surface area contributed by atoms with E-state index in [2.05, 4.69) is 26.1 Å². The maximum Gasteiger partial charge on any atom is 0.339 e. The standard InChI is InChI=1S/C13H18ClNO3/c1-13(2,3)7-15-10-6-11(18-4)8(12(16)17)5-9(10)14/h5-6,15H,7H2,1-4H3,(H,16,17). The molecule has 0 bridgehead atoms. The Labute approximate surface area is 112 Å². The van der Waals surface area contributed by atoms with Crippen LogP contribution in [0.15, 0.2) is 12.1 Å². The molecule has 0 saturated heterocycles. The van der Waals surface area contributed by atoms with E-state index in [4.69, 9.17) is 21.4 Å². The number of nitrogens with one attached hydrogen (secondary N) is 1. The molecule has 0 radical (unpaired) electrons. The van der Waals surface area contributed by atoms with Crippen LogP contribution < -0.4 is 10.1 Å². The van der Waals surface area contributed by atoms with Gasteiger partial charge in [0.1, 0.15) is 11.3 Å². The van der Waals surface area contributed by atoms with Gasteiger partial charge < -0.3 is 15.2 Å². The summed E-state index contributed by atoms with van der Waals surface area (Å²) in [4.78, 5) is 11.0. The van der Waals surface area contributed by atoms with E-state index in [0.29, 0.717) is 16.5 Å². The minimum Gasteiger partial charge on any atom is -0.496 e. The predicted octanol–water partition coefficient (Wildman–Crippen LogP) is 3.50. The van der Waals surface area contributed by atoms with Crippen LogP contribution in [-0.2, 0) is 0 Å². The van der Waals surface area contributed by atoms with Crippen LogP contribution in [-0.4, -0.2) is 24.7 Å². The van der Waals surface area contributed by atoms with Gasteiger partial charge in [0.15, 0.2) is 0 Å². The van der Waals surface area contributed by atoms with Crippen molar-refractivity contribution in [3.8, 4) is 5.75 Å². The van der Waals surface area contributed by atoms with Crippen molar-refractivity contribution >= 4 is 23.3 Å². The van der Waals surface area contributed by atoms with Gasteiger partial charge in [0.25, 0.3) is 0 Å². The van der Waals surface area contributed by atoms with Crippen LogP contribution in [0.1, 0.15) is 31.1 Å². The number of carbonyl (C=O) groups is 1. The molecule has 1 aromatic rings. The van der Waals surface area contributed by atoms with Crippen molar-refractivity contribution in [1.82, 2.24) is 0 Å². The van der Waals surface area contributed by atoms with Crippen LogP contribution in [0.5, 0.6) is 5.75 Å². The van der Waals surface area contributed by atoms with Gasteiger partial charge in [0, 0.05) is 12.6 Å². The first-order chi connectivity index (χ1) is 8.24. The molecule has 1 aromatic carbocycles. The monoisotopic (exact) mass is 271 g/mol. The Hall–Kier alpha value is -1.42. The summed E-state index contributed by atoms with van der Waals surface area (Å²) in [6.07, 6.45) is 0. The van der Waals surface area contributed by atoms with Crippen molar-refractivity contribution in [3.05, 3.63) is 22.7 Å². The first-order valence-electron chi connectivity index (χ1n) is 5.59. The average molecular weight is 272 g/mol. The molecular formula is C13H18ClNO3. The molecule has 2 N–H and O–H groups in total. The van der Waals surface area contributed by atoms with Crippen molar-refractivity contribution in [2.45, 2.75) is 20.8 Å². The molecule has 0 unspecified atom stereocenters. The minimum atomic E-state index is -1.06. The fourth-order valence-corrected chi connectivity index (χ4v) is 1.62. The first-order valence-corrected chi connectivity index (χ1v) is 5.97. The molecule has 1 rings (SSSR count). The van der Waals surface area contributed by atoms with Gasteiger partial charge in [-0.3, -0.25) is 0 Å². The zero-order valence-corrected chi connectivity index (χ0v) is 11.8. The van der Waals surface area contributed by atoms with E-state index in [0.717, 1.165) is 6.54 Å². The highest BCUT2D eigenvalue weighted by Gasteiger charge is 2.16. The largest absolute Gasteiger partial charge is 0.496 e. The fourth-order valence-electron chi connectivity index (χ4n) is 1.39. The summed E-state index contributed by atoms with van der Waals surface area (Å²) in [5.74, 6) is -0.764. The Bertz CT molecular complexity index is 452. The highest BCUT2D eigenvalue weighted by atomic mass is 35.5. The molecular weight excluding hydrogens is 254 g/mol. The lowest BCUT2D eigenvalue weighted by atomic mass is 9.97. The van der Waals surface area contributed by atoms with Gasteiger partial charge in [-0.1, -0.05) is 32.4 Å². The number of aromatic carboxylic acids is 1. The maximum atomic E-state index is 11.0. The normalized spacial score (nSPS) is 11.2. The number of hydrogen-bond acceptors (Lipinski definition) is 3. The van der Waals surface area contributed by atoms with Gasteiger partial charge in [-0.25, -0.2) is 4.79 Å². The topological polar surface area (TPSA) is 58.6 Å². The number of benzene rings is 1. The van der Waals surface area contributed by atoms with Crippen LogP contribution in [0.2, 0.25) is 5.02 Å². The molecule has 0 aliphatic heterocycles. The molecule has 4 nitrogen and oxygen atoms in total. The Kier molecular flexibility index (Phi) is 4.46. The lowest BCUT2D eigenvalue weighted by Gasteiger charge is -2.20. The van der Waals surface area contributed by atoms with Crippen LogP contribution in [0.3, 0.4) is 0 Å². The fraction of sp³-hybridized carbons (Fsp3) is 0.462. The number of rotatable bonds is 4. The molecule has 18 heavy (non-hydrogen) atoms. The number of anilines is 1. The summed E-state index contributed by atoms with van der Waals surface area (Å²) < 4.78 is 5.05. The SMILES string of the molecule is COc1cc(NCC(C)(C)C)c(Cl)cc1C(=O)O. The van der Waals surface area contributed by atoms with Crippen molar-refractivity contribution in [1.29, 1.82) is 0 Å². The third-order valence-corrected chi connectivity index (χ3v) is 2.64. The summed E-state index contributed by atoms with van der Waals surface area (Å²) in [6.45, 7) is 7.01. The van der Waals surface area contributed by atoms with E-state index in [1.807, 2.05) is 0 Å². The van der Waals surface area contributed by atoms with Gasteiger partial charge in [-0.05, 0) is 11.5 Å². The molecule has 0 saturated carbocycles. The van der Waals surface area contributed by atoms with Crippen LogP contribution in [0.25, 0.3) is 0 Å². The zero-order valence-electron chi connectivity index (χ0n) is 11.0. The van der Waals surface area contributed by atoms with Gasteiger partial charge in [0.05, 0.1) is 17.8 Å². The van der Waals surface area contributed by atoms with E-state index < -0.39 is 5.97 Å². The number of methoxy groups -OCH3 is 1. The second kappa shape index (κ2) is 5.48. The molecule has 0 aliphatic rings. The summed E-state index contributed by atoms with van der Waals surface area (Å²) in [5.41, 5.74) is 0.833. The molecule has 0 heterocycles. The van der Waals surface area contributed by atoms with Crippen LogP contribution in [0.4, 0.5) is 5.69 Å². The Morgan fingerprint density at radius 3 is 2.50 bits per heavy atom. The van der Waals surface area contributed by atoms with Crippen molar-refractivity contribution < 1.29 is 14.6 Å². The highest BCUT2D eigenvalue weighted by molar-refractivity contribution is 6.33. The van der Waals surface area contributed by atoms with Crippen molar-refractivity contribution in [2.75, 3.05) is 19.0 Å². The third kappa shape index (κ3) is 3.81. The van der Waals surface area contributed by atoms with Gasteiger partial charge in [-0.2, -0.15) is 0 Å². The maximum absolute atomic E-state index is 11.0.